The highest BCUT2D eigenvalue weighted by Gasteiger charge is 2.11. The average Bonchev–Trinajstić information content (AvgIpc) is 2.81. The lowest BCUT2D eigenvalue weighted by Crippen LogP contribution is -2.04. The van der Waals surface area contributed by atoms with Crippen LogP contribution in [-0.4, -0.2) is 29.8 Å². The van der Waals surface area contributed by atoms with E-state index in [0.29, 0.717) is 10.7 Å². The van der Waals surface area contributed by atoms with Crippen LogP contribution in [0.2, 0.25) is 0 Å². The molecule has 3 aromatic rings. The normalized spacial score (nSPS) is 11.2. The third-order valence-corrected chi connectivity index (χ3v) is 3.40. The molecule has 86 valence electrons. The summed E-state index contributed by atoms with van der Waals surface area (Å²) >= 11 is 7.56. The quantitative estimate of drug-likeness (QED) is 0.533. The molecule has 0 amide bonds. The van der Waals surface area contributed by atoms with E-state index in [1.165, 1.54) is 0 Å². The third kappa shape index (κ3) is 1.67. The summed E-state index contributed by atoms with van der Waals surface area (Å²) in [6.07, 6.45) is 0. The van der Waals surface area contributed by atoms with Crippen LogP contribution in [0.1, 0.15) is 0 Å². The Balaban J connectivity index is 2.43. The topological polar surface area (TPSA) is 64.3 Å². The lowest BCUT2D eigenvalue weighted by atomic mass is 10.3. The van der Waals surface area contributed by atoms with Gasteiger partial charge in [0.1, 0.15) is 0 Å². The van der Waals surface area contributed by atoms with Gasteiger partial charge in [0.15, 0.2) is 4.77 Å². The van der Waals surface area contributed by atoms with Crippen molar-refractivity contribution in [2.75, 3.05) is 0 Å². The zero-order chi connectivity index (χ0) is 12.0. The van der Waals surface area contributed by atoms with Gasteiger partial charge in [-0.05, 0) is 63.4 Å². The number of halogens is 1. The van der Waals surface area contributed by atoms with Gasteiger partial charge in [-0.1, -0.05) is 5.10 Å². The Morgan fingerprint density at radius 2 is 2.24 bits per heavy atom. The number of fused-ring (bicyclic) bond motifs is 1. The predicted octanol–water partition coefficient (Wildman–Crippen LogP) is 1.82. The molecule has 0 unspecified atom stereocenters. The number of aryl methyl sites for hydroxylation is 1. The SMILES string of the molecule is Cn1nnnc1-n1c(=S)[nH]c2ccc(I)cc21. The highest BCUT2D eigenvalue weighted by Crippen LogP contribution is 2.19. The van der Waals surface area contributed by atoms with E-state index < -0.39 is 0 Å². The molecule has 2 aromatic heterocycles. The molecule has 1 N–H and O–H groups in total. The van der Waals surface area contributed by atoms with Crippen LogP contribution >= 0.6 is 34.8 Å². The fourth-order valence-electron chi connectivity index (χ4n) is 1.69. The van der Waals surface area contributed by atoms with Gasteiger partial charge in [-0.3, -0.25) is 4.57 Å². The molecule has 0 aliphatic heterocycles. The molecule has 8 heteroatoms. The second-order valence-corrected chi connectivity index (χ2v) is 5.16. The van der Waals surface area contributed by atoms with Crippen LogP contribution in [0.5, 0.6) is 0 Å². The van der Waals surface area contributed by atoms with E-state index in [9.17, 15) is 0 Å². The van der Waals surface area contributed by atoms with Crippen LogP contribution in [-0.2, 0) is 7.05 Å². The Bertz CT molecular complexity index is 754. The summed E-state index contributed by atoms with van der Waals surface area (Å²) < 4.78 is 5.13. The van der Waals surface area contributed by atoms with Crippen LogP contribution in [0.3, 0.4) is 0 Å². The second-order valence-electron chi connectivity index (χ2n) is 3.53. The number of nitrogens with one attached hydrogen (secondary N) is 1. The number of benzene rings is 1. The molecule has 0 fully saturated rings. The standard InChI is InChI=1S/C9H7IN6S/c1-15-8(12-13-14-15)16-7-4-5(10)2-3-6(7)11-9(16)17/h2-4H,1H3,(H,11,17). The molecule has 17 heavy (non-hydrogen) atoms. The first kappa shape index (κ1) is 10.8. The van der Waals surface area contributed by atoms with E-state index in [4.69, 9.17) is 12.2 Å². The van der Waals surface area contributed by atoms with Gasteiger partial charge in [-0.25, -0.2) is 4.68 Å². The van der Waals surface area contributed by atoms with Gasteiger partial charge in [0, 0.05) is 10.6 Å². The van der Waals surface area contributed by atoms with Crippen molar-refractivity contribution in [2.24, 2.45) is 7.05 Å². The highest BCUT2D eigenvalue weighted by molar-refractivity contribution is 14.1. The number of aromatic amines is 1. The van der Waals surface area contributed by atoms with Crippen molar-refractivity contribution in [2.45, 2.75) is 0 Å². The van der Waals surface area contributed by atoms with Crippen LogP contribution in [0.4, 0.5) is 0 Å². The fourth-order valence-corrected chi connectivity index (χ4v) is 2.45. The first-order chi connectivity index (χ1) is 8.16. The average molecular weight is 358 g/mol. The van der Waals surface area contributed by atoms with E-state index in [1.54, 1.807) is 11.7 Å². The number of hydrogen-bond acceptors (Lipinski definition) is 4. The van der Waals surface area contributed by atoms with Gasteiger partial charge in [0.2, 0.25) is 0 Å². The molecule has 2 heterocycles. The van der Waals surface area contributed by atoms with Crippen molar-refractivity contribution in [3.05, 3.63) is 26.5 Å². The highest BCUT2D eigenvalue weighted by atomic mass is 127. The van der Waals surface area contributed by atoms with Crippen LogP contribution in [0.15, 0.2) is 18.2 Å². The fraction of sp³-hybridized carbons (Fsp3) is 0.111. The van der Waals surface area contributed by atoms with Gasteiger partial charge in [0.25, 0.3) is 5.95 Å². The van der Waals surface area contributed by atoms with E-state index in [2.05, 4.69) is 43.1 Å². The molecule has 0 bridgehead atoms. The monoisotopic (exact) mass is 358 g/mol. The van der Waals surface area contributed by atoms with Gasteiger partial charge < -0.3 is 4.98 Å². The van der Waals surface area contributed by atoms with Gasteiger partial charge in [-0.2, -0.15) is 0 Å². The molecule has 0 saturated heterocycles. The number of nitrogens with zero attached hydrogens (tertiary/aromatic N) is 5. The Hall–Kier alpha value is -1.29. The molecule has 0 spiro atoms. The summed E-state index contributed by atoms with van der Waals surface area (Å²) in [6, 6.07) is 6.05. The number of hydrogen-bond donors (Lipinski definition) is 1. The number of H-pyrrole nitrogens is 1. The first-order valence-electron chi connectivity index (χ1n) is 4.80. The lowest BCUT2D eigenvalue weighted by molar-refractivity contribution is 0.693. The van der Waals surface area contributed by atoms with Crippen molar-refractivity contribution in [3.63, 3.8) is 0 Å². The second kappa shape index (κ2) is 3.88. The molecular weight excluding hydrogens is 351 g/mol. The number of imidazole rings is 1. The number of rotatable bonds is 1. The van der Waals surface area contributed by atoms with E-state index in [-0.39, 0.29) is 0 Å². The van der Waals surface area contributed by atoms with Crippen molar-refractivity contribution >= 4 is 45.8 Å². The maximum absolute atomic E-state index is 5.30. The van der Waals surface area contributed by atoms with Crippen molar-refractivity contribution < 1.29 is 0 Å². The first-order valence-corrected chi connectivity index (χ1v) is 6.28. The molecule has 3 rings (SSSR count). The minimum absolute atomic E-state index is 0.583. The molecule has 0 atom stereocenters. The summed E-state index contributed by atoms with van der Waals surface area (Å²) in [6.45, 7) is 0. The lowest BCUT2D eigenvalue weighted by Gasteiger charge is -2.01. The maximum atomic E-state index is 5.30. The largest absolute Gasteiger partial charge is 0.330 e. The molecule has 0 saturated carbocycles. The van der Waals surface area contributed by atoms with Gasteiger partial charge in [0.05, 0.1) is 11.0 Å². The van der Waals surface area contributed by atoms with E-state index >= 15 is 0 Å². The molecule has 0 radical (unpaired) electrons. The summed E-state index contributed by atoms with van der Waals surface area (Å²) in [5, 5.41) is 11.4. The van der Waals surface area contributed by atoms with Gasteiger partial charge in [-0.15, -0.1) is 0 Å². The van der Waals surface area contributed by atoms with Crippen molar-refractivity contribution in [1.29, 1.82) is 0 Å². The van der Waals surface area contributed by atoms with Crippen LogP contribution in [0.25, 0.3) is 17.0 Å². The summed E-state index contributed by atoms with van der Waals surface area (Å²) in [4.78, 5) is 3.14. The molecule has 6 nitrogen and oxygen atoms in total. The summed E-state index contributed by atoms with van der Waals surface area (Å²) in [5.41, 5.74) is 1.94. The smallest absolute Gasteiger partial charge is 0.256 e. The Morgan fingerprint density at radius 1 is 1.41 bits per heavy atom. The van der Waals surface area contributed by atoms with Gasteiger partial charge >= 0.3 is 0 Å². The number of tetrazole rings is 1. The molecule has 0 aliphatic rings. The summed E-state index contributed by atoms with van der Waals surface area (Å²) in [5.74, 6) is 0.600. The number of aromatic nitrogens is 6. The zero-order valence-electron chi connectivity index (χ0n) is 8.75. The van der Waals surface area contributed by atoms with Crippen LogP contribution < -0.4 is 0 Å². The minimum atomic E-state index is 0.583. The van der Waals surface area contributed by atoms with Crippen molar-refractivity contribution in [1.82, 2.24) is 29.8 Å². The molecule has 1 aromatic carbocycles. The van der Waals surface area contributed by atoms with Crippen molar-refractivity contribution in [3.8, 4) is 5.95 Å². The maximum Gasteiger partial charge on any atom is 0.256 e. The van der Waals surface area contributed by atoms with Crippen LogP contribution in [0, 0.1) is 8.34 Å². The van der Waals surface area contributed by atoms with E-state index in [1.807, 2.05) is 22.8 Å². The third-order valence-electron chi connectivity index (χ3n) is 2.44. The minimum Gasteiger partial charge on any atom is -0.330 e. The molecular formula is C9H7IN6S. The Labute approximate surface area is 115 Å². The summed E-state index contributed by atoms with van der Waals surface area (Å²) in [7, 11) is 1.78. The Morgan fingerprint density at radius 3 is 2.94 bits per heavy atom. The Kier molecular flexibility index (Phi) is 2.47. The predicted molar refractivity (Wildman–Crippen MR) is 73.5 cm³/mol. The van der Waals surface area contributed by atoms with E-state index in [0.717, 1.165) is 14.6 Å². The zero-order valence-corrected chi connectivity index (χ0v) is 11.7. The molecule has 0 aliphatic carbocycles.